The SMILES string of the molecule is CCc1cn2cc(OC)ccc2c1Cc1ccccc1. The van der Waals surface area contributed by atoms with Crippen LogP contribution in [0.4, 0.5) is 0 Å². The average molecular weight is 265 g/mol. The molecule has 20 heavy (non-hydrogen) atoms. The third kappa shape index (κ3) is 2.29. The van der Waals surface area contributed by atoms with Gasteiger partial charge in [0.15, 0.2) is 0 Å². The van der Waals surface area contributed by atoms with E-state index in [0.717, 1.165) is 18.6 Å². The Morgan fingerprint density at radius 2 is 1.80 bits per heavy atom. The van der Waals surface area contributed by atoms with E-state index in [2.05, 4.69) is 53.9 Å². The van der Waals surface area contributed by atoms with E-state index in [9.17, 15) is 0 Å². The maximum Gasteiger partial charge on any atom is 0.135 e. The van der Waals surface area contributed by atoms with Crippen LogP contribution in [0.1, 0.15) is 23.6 Å². The fourth-order valence-corrected chi connectivity index (χ4v) is 2.70. The second-order valence-electron chi connectivity index (χ2n) is 5.01. The normalized spacial score (nSPS) is 10.9. The van der Waals surface area contributed by atoms with E-state index in [1.165, 1.54) is 22.2 Å². The van der Waals surface area contributed by atoms with E-state index in [0.29, 0.717) is 0 Å². The number of ether oxygens (including phenoxy) is 1. The van der Waals surface area contributed by atoms with Crippen molar-refractivity contribution in [3.8, 4) is 5.75 Å². The molecule has 0 aliphatic rings. The fourth-order valence-electron chi connectivity index (χ4n) is 2.70. The van der Waals surface area contributed by atoms with E-state index < -0.39 is 0 Å². The third-order valence-electron chi connectivity index (χ3n) is 3.78. The van der Waals surface area contributed by atoms with Crippen molar-refractivity contribution in [2.75, 3.05) is 7.11 Å². The predicted molar refractivity (Wildman–Crippen MR) is 82.6 cm³/mol. The molecular weight excluding hydrogens is 246 g/mol. The van der Waals surface area contributed by atoms with Crippen LogP contribution in [0, 0.1) is 0 Å². The van der Waals surface area contributed by atoms with Gasteiger partial charge in [-0.25, -0.2) is 0 Å². The summed E-state index contributed by atoms with van der Waals surface area (Å²) in [5, 5.41) is 0. The Morgan fingerprint density at radius 3 is 2.50 bits per heavy atom. The van der Waals surface area contributed by atoms with Crippen LogP contribution in [-0.4, -0.2) is 11.5 Å². The molecule has 0 saturated carbocycles. The molecule has 0 amide bonds. The lowest BCUT2D eigenvalue weighted by Gasteiger charge is -2.05. The Morgan fingerprint density at radius 1 is 1.00 bits per heavy atom. The molecule has 2 nitrogen and oxygen atoms in total. The van der Waals surface area contributed by atoms with Gasteiger partial charge in [-0.15, -0.1) is 0 Å². The largest absolute Gasteiger partial charge is 0.495 e. The Balaban J connectivity index is 2.08. The molecule has 2 heterocycles. The number of benzene rings is 1. The molecule has 102 valence electrons. The zero-order valence-corrected chi connectivity index (χ0v) is 12.0. The van der Waals surface area contributed by atoms with Gasteiger partial charge < -0.3 is 9.14 Å². The van der Waals surface area contributed by atoms with Crippen LogP contribution in [0.2, 0.25) is 0 Å². The summed E-state index contributed by atoms with van der Waals surface area (Å²) in [6.45, 7) is 2.21. The summed E-state index contributed by atoms with van der Waals surface area (Å²) in [6, 6.07) is 14.8. The molecule has 3 aromatic rings. The molecular formula is C18H19NO. The van der Waals surface area contributed by atoms with Crippen molar-refractivity contribution >= 4 is 5.52 Å². The van der Waals surface area contributed by atoms with Crippen molar-refractivity contribution < 1.29 is 4.74 Å². The van der Waals surface area contributed by atoms with Gasteiger partial charge in [0.2, 0.25) is 0 Å². The lowest BCUT2D eigenvalue weighted by atomic mass is 10.0. The smallest absolute Gasteiger partial charge is 0.135 e. The molecule has 0 aliphatic carbocycles. The zero-order chi connectivity index (χ0) is 13.9. The summed E-state index contributed by atoms with van der Waals surface area (Å²) in [5.41, 5.74) is 5.45. The Kier molecular flexibility index (Phi) is 3.46. The highest BCUT2D eigenvalue weighted by molar-refractivity contribution is 5.61. The second kappa shape index (κ2) is 5.41. The standard InChI is InChI=1S/C18H19NO/c1-3-15-12-19-13-16(20-2)9-10-18(19)17(15)11-14-7-5-4-6-8-14/h4-10,12-13H,3,11H2,1-2H3. The number of fused-ring (bicyclic) bond motifs is 1. The maximum absolute atomic E-state index is 5.30. The van der Waals surface area contributed by atoms with Gasteiger partial charge in [-0.1, -0.05) is 37.3 Å². The topological polar surface area (TPSA) is 13.6 Å². The summed E-state index contributed by atoms with van der Waals surface area (Å²) in [5.74, 6) is 0.890. The minimum atomic E-state index is 0.890. The maximum atomic E-state index is 5.30. The number of nitrogens with zero attached hydrogens (tertiary/aromatic N) is 1. The van der Waals surface area contributed by atoms with E-state index in [1.54, 1.807) is 7.11 Å². The quantitative estimate of drug-likeness (QED) is 0.692. The monoisotopic (exact) mass is 265 g/mol. The summed E-state index contributed by atoms with van der Waals surface area (Å²) in [4.78, 5) is 0. The van der Waals surface area contributed by atoms with Crippen LogP contribution in [0.25, 0.3) is 5.52 Å². The molecule has 0 fully saturated rings. The number of aromatic nitrogens is 1. The molecule has 0 aliphatic heterocycles. The lowest BCUT2D eigenvalue weighted by molar-refractivity contribution is 0.412. The zero-order valence-electron chi connectivity index (χ0n) is 12.0. The molecule has 2 aromatic heterocycles. The van der Waals surface area contributed by atoms with Gasteiger partial charge in [-0.2, -0.15) is 0 Å². The molecule has 0 atom stereocenters. The van der Waals surface area contributed by atoms with Crippen molar-refractivity contribution in [2.24, 2.45) is 0 Å². The van der Waals surface area contributed by atoms with Gasteiger partial charge in [-0.3, -0.25) is 0 Å². The molecule has 1 aromatic carbocycles. The van der Waals surface area contributed by atoms with Gasteiger partial charge in [0.1, 0.15) is 5.75 Å². The summed E-state index contributed by atoms with van der Waals surface area (Å²) in [6.07, 6.45) is 6.29. The van der Waals surface area contributed by atoms with E-state index >= 15 is 0 Å². The second-order valence-corrected chi connectivity index (χ2v) is 5.01. The Hall–Kier alpha value is -2.22. The molecule has 3 rings (SSSR count). The van der Waals surface area contributed by atoms with Gasteiger partial charge in [0, 0.05) is 11.7 Å². The molecule has 0 saturated heterocycles. The number of aryl methyl sites for hydroxylation is 1. The van der Waals surface area contributed by atoms with E-state index in [4.69, 9.17) is 4.74 Å². The Bertz CT molecular complexity index is 713. The predicted octanol–water partition coefficient (Wildman–Crippen LogP) is 4.10. The van der Waals surface area contributed by atoms with Crippen LogP contribution < -0.4 is 4.74 Å². The number of hydrogen-bond acceptors (Lipinski definition) is 1. The fraction of sp³-hybridized carbons (Fsp3) is 0.222. The number of methoxy groups -OCH3 is 1. The first-order valence-electron chi connectivity index (χ1n) is 7.02. The minimum Gasteiger partial charge on any atom is -0.495 e. The highest BCUT2D eigenvalue weighted by Gasteiger charge is 2.10. The lowest BCUT2D eigenvalue weighted by Crippen LogP contribution is -1.92. The van der Waals surface area contributed by atoms with Gasteiger partial charge in [0.05, 0.1) is 13.3 Å². The summed E-state index contributed by atoms with van der Waals surface area (Å²) in [7, 11) is 1.70. The molecule has 2 heteroatoms. The van der Waals surface area contributed by atoms with Crippen molar-refractivity contribution in [2.45, 2.75) is 19.8 Å². The number of pyridine rings is 1. The highest BCUT2D eigenvalue weighted by Crippen LogP contribution is 2.25. The Labute approximate surface area is 119 Å². The average Bonchev–Trinajstić information content (AvgIpc) is 2.85. The molecule has 0 spiro atoms. The van der Waals surface area contributed by atoms with Crippen LogP contribution in [0.15, 0.2) is 54.9 Å². The summed E-state index contributed by atoms with van der Waals surface area (Å²) < 4.78 is 7.48. The third-order valence-corrected chi connectivity index (χ3v) is 3.78. The van der Waals surface area contributed by atoms with Crippen molar-refractivity contribution in [1.82, 2.24) is 4.40 Å². The first-order chi connectivity index (χ1) is 9.81. The van der Waals surface area contributed by atoms with Crippen LogP contribution >= 0.6 is 0 Å². The molecule has 0 bridgehead atoms. The number of hydrogen-bond donors (Lipinski definition) is 0. The molecule has 0 radical (unpaired) electrons. The number of rotatable bonds is 4. The van der Waals surface area contributed by atoms with Gasteiger partial charge >= 0.3 is 0 Å². The molecule has 0 N–H and O–H groups in total. The molecule has 0 unspecified atom stereocenters. The van der Waals surface area contributed by atoms with Crippen LogP contribution in [0.5, 0.6) is 5.75 Å². The van der Waals surface area contributed by atoms with Crippen molar-refractivity contribution in [1.29, 1.82) is 0 Å². The van der Waals surface area contributed by atoms with Gasteiger partial charge in [0.25, 0.3) is 0 Å². The van der Waals surface area contributed by atoms with Crippen molar-refractivity contribution in [3.63, 3.8) is 0 Å². The highest BCUT2D eigenvalue weighted by atomic mass is 16.5. The minimum absolute atomic E-state index is 0.890. The van der Waals surface area contributed by atoms with Crippen LogP contribution in [-0.2, 0) is 12.8 Å². The van der Waals surface area contributed by atoms with Crippen molar-refractivity contribution in [3.05, 3.63) is 71.5 Å². The van der Waals surface area contributed by atoms with E-state index in [1.807, 2.05) is 12.3 Å². The van der Waals surface area contributed by atoms with E-state index in [-0.39, 0.29) is 0 Å². The van der Waals surface area contributed by atoms with Gasteiger partial charge in [-0.05, 0) is 41.7 Å². The van der Waals surface area contributed by atoms with Crippen LogP contribution in [0.3, 0.4) is 0 Å². The summed E-state index contributed by atoms with van der Waals surface area (Å²) >= 11 is 0. The first kappa shape index (κ1) is 12.8. The first-order valence-corrected chi connectivity index (χ1v) is 7.02.